The van der Waals surface area contributed by atoms with Gasteiger partial charge in [0, 0.05) is 42.4 Å². The number of nitrogens with zero attached hydrogens (tertiary/aromatic N) is 2. The number of piperazine rings is 1. The molecule has 2 aliphatic heterocycles. The number of carbonyl (C=O) groups excluding carboxylic acids is 1. The number of rotatable bonds is 3. The Labute approximate surface area is 168 Å². The van der Waals surface area contributed by atoms with Crippen LogP contribution in [0.5, 0.6) is 0 Å². The van der Waals surface area contributed by atoms with E-state index >= 15 is 0 Å². The van der Waals surface area contributed by atoms with Crippen molar-refractivity contribution >= 4 is 27.5 Å². The Kier molecular flexibility index (Phi) is 5.48. The first-order valence-corrected chi connectivity index (χ1v) is 10.3. The van der Waals surface area contributed by atoms with Crippen LogP contribution in [-0.4, -0.2) is 43.0 Å². The van der Waals surface area contributed by atoms with Gasteiger partial charge in [-0.3, -0.25) is 4.79 Å². The van der Waals surface area contributed by atoms with Crippen LogP contribution in [0.15, 0.2) is 53.0 Å². The summed E-state index contributed by atoms with van der Waals surface area (Å²) in [5, 5.41) is 0. The van der Waals surface area contributed by atoms with E-state index < -0.39 is 0 Å². The summed E-state index contributed by atoms with van der Waals surface area (Å²) in [7, 11) is 0. The quantitative estimate of drug-likeness (QED) is 0.788. The van der Waals surface area contributed by atoms with Crippen molar-refractivity contribution in [1.29, 1.82) is 0 Å². The van der Waals surface area contributed by atoms with Gasteiger partial charge in [-0.25, -0.2) is 10.9 Å². The van der Waals surface area contributed by atoms with E-state index in [4.69, 9.17) is 0 Å². The number of anilines is 1. The maximum Gasteiger partial charge on any atom is 0.241 e. The highest BCUT2D eigenvalue weighted by Crippen LogP contribution is 2.25. The number of aryl methyl sites for hydroxylation is 1. The van der Waals surface area contributed by atoms with Crippen molar-refractivity contribution < 1.29 is 4.79 Å². The fraction of sp³-hybridized carbons (Fsp3) is 0.381. The zero-order valence-electron chi connectivity index (χ0n) is 15.5. The molecule has 2 aromatic carbocycles. The standard InChI is InChI=1S/C21H25BrN4O/c1-15-3-2-4-18(13-15)25-9-11-26(12-10-25)21(27)20-14-19(23-24-20)16-5-7-17(22)8-6-16/h2-8,13,19-20,23-24H,9-12,14H2,1H3. The molecule has 0 radical (unpaired) electrons. The lowest BCUT2D eigenvalue weighted by Gasteiger charge is -2.37. The van der Waals surface area contributed by atoms with Crippen LogP contribution >= 0.6 is 15.9 Å². The number of hydrogen-bond donors (Lipinski definition) is 2. The minimum absolute atomic E-state index is 0.163. The highest BCUT2D eigenvalue weighted by atomic mass is 79.9. The zero-order chi connectivity index (χ0) is 18.8. The molecule has 0 aromatic heterocycles. The molecule has 2 aromatic rings. The highest BCUT2D eigenvalue weighted by molar-refractivity contribution is 9.10. The van der Waals surface area contributed by atoms with E-state index in [1.165, 1.54) is 16.8 Å². The zero-order valence-corrected chi connectivity index (χ0v) is 17.1. The summed E-state index contributed by atoms with van der Waals surface area (Å²) < 4.78 is 1.07. The van der Waals surface area contributed by atoms with Crippen LogP contribution < -0.4 is 15.8 Å². The number of nitrogens with one attached hydrogen (secondary N) is 2. The van der Waals surface area contributed by atoms with E-state index in [2.05, 4.69) is 75.0 Å². The van der Waals surface area contributed by atoms with E-state index in [0.717, 1.165) is 37.1 Å². The highest BCUT2D eigenvalue weighted by Gasteiger charge is 2.34. The van der Waals surface area contributed by atoms with Gasteiger partial charge in [-0.2, -0.15) is 0 Å². The van der Waals surface area contributed by atoms with Gasteiger partial charge in [-0.1, -0.05) is 40.2 Å². The SMILES string of the molecule is Cc1cccc(N2CCN(C(=O)C3CC(c4ccc(Br)cc4)NN3)CC2)c1. The fourth-order valence-electron chi connectivity index (χ4n) is 3.86. The predicted octanol–water partition coefficient (Wildman–Crippen LogP) is 3.01. The maximum atomic E-state index is 12.9. The van der Waals surface area contributed by atoms with Crippen LogP contribution in [-0.2, 0) is 4.79 Å². The Balaban J connectivity index is 1.32. The average Bonchev–Trinajstić information content (AvgIpc) is 3.18. The normalized spacial score (nSPS) is 22.9. The molecule has 27 heavy (non-hydrogen) atoms. The molecule has 2 N–H and O–H groups in total. The second-order valence-corrected chi connectivity index (χ2v) is 8.25. The molecule has 2 fully saturated rings. The molecule has 0 bridgehead atoms. The number of benzene rings is 2. The van der Waals surface area contributed by atoms with Crippen molar-refractivity contribution in [2.24, 2.45) is 0 Å². The van der Waals surface area contributed by atoms with Crippen LogP contribution in [0.25, 0.3) is 0 Å². The largest absolute Gasteiger partial charge is 0.368 e. The Morgan fingerprint density at radius 1 is 1.04 bits per heavy atom. The fourth-order valence-corrected chi connectivity index (χ4v) is 4.13. The van der Waals surface area contributed by atoms with Gasteiger partial charge in [-0.15, -0.1) is 0 Å². The summed E-state index contributed by atoms with van der Waals surface area (Å²) in [5.74, 6) is 0.200. The molecule has 2 aliphatic rings. The number of amides is 1. The molecular weight excluding hydrogens is 404 g/mol. The molecule has 1 amide bonds. The van der Waals surface area contributed by atoms with Crippen molar-refractivity contribution in [3.8, 4) is 0 Å². The Hall–Kier alpha value is -1.89. The van der Waals surface area contributed by atoms with Crippen molar-refractivity contribution in [3.05, 3.63) is 64.1 Å². The Bertz CT molecular complexity index is 802. The van der Waals surface area contributed by atoms with Crippen molar-refractivity contribution in [3.63, 3.8) is 0 Å². The molecule has 5 nitrogen and oxygen atoms in total. The smallest absolute Gasteiger partial charge is 0.241 e. The molecule has 0 saturated carbocycles. The van der Waals surface area contributed by atoms with Crippen molar-refractivity contribution in [1.82, 2.24) is 15.8 Å². The number of hydrogen-bond acceptors (Lipinski definition) is 4. The van der Waals surface area contributed by atoms with Gasteiger partial charge in [0.25, 0.3) is 0 Å². The van der Waals surface area contributed by atoms with E-state index in [1.54, 1.807) is 0 Å². The van der Waals surface area contributed by atoms with Gasteiger partial charge in [0.1, 0.15) is 6.04 Å². The van der Waals surface area contributed by atoms with Gasteiger partial charge in [0.2, 0.25) is 5.91 Å². The van der Waals surface area contributed by atoms with Gasteiger partial charge in [-0.05, 0) is 48.7 Å². The third kappa shape index (κ3) is 4.18. The lowest BCUT2D eigenvalue weighted by atomic mass is 10.0. The lowest BCUT2D eigenvalue weighted by molar-refractivity contribution is -0.133. The predicted molar refractivity (Wildman–Crippen MR) is 112 cm³/mol. The summed E-state index contributed by atoms with van der Waals surface area (Å²) in [5.41, 5.74) is 10.2. The topological polar surface area (TPSA) is 47.6 Å². The van der Waals surface area contributed by atoms with Gasteiger partial charge >= 0.3 is 0 Å². The number of halogens is 1. The first kappa shape index (κ1) is 18.5. The van der Waals surface area contributed by atoms with Crippen LogP contribution in [0.2, 0.25) is 0 Å². The van der Waals surface area contributed by atoms with Crippen LogP contribution in [0.1, 0.15) is 23.6 Å². The van der Waals surface area contributed by atoms with E-state index in [9.17, 15) is 4.79 Å². The second-order valence-electron chi connectivity index (χ2n) is 7.33. The van der Waals surface area contributed by atoms with Gasteiger partial charge in [0.05, 0.1) is 0 Å². The summed E-state index contributed by atoms with van der Waals surface area (Å²) >= 11 is 3.47. The summed E-state index contributed by atoms with van der Waals surface area (Å²) in [6.07, 6.45) is 0.776. The Morgan fingerprint density at radius 3 is 2.48 bits per heavy atom. The molecule has 0 spiro atoms. The van der Waals surface area contributed by atoms with E-state index in [0.29, 0.717) is 0 Å². The first-order valence-electron chi connectivity index (χ1n) is 9.47. The lowest BCUT2D eigenvalue weighted by Crippen LogP contribution is -2.53. The van der Waals surface area contributed by atoms with Crippen LogP contribution in [0.3, 0.4) is 0 Å². The molecule has 2 atom stereocenters. The third-order valence-corrected chi connectivity index (χ3v) is 5.96. The molecule has 2 saturated heterocycles. The minimum Gasteiger partial charge on any atom is -0.368 e. The van der Waals surface area contributed by atoms with E-state index in [1.807, 2.05) is 17.0 Å². The summed E-state index contributed by atoms with van der Waals surface area (Å²) in [6.45, 7) is 5.42. The average molecular weight is 429 g/mol. The molecule has 2 heterocycles. The number of hydrazine groups is 1. The Morgan fingerprint density at radius 2 is 1.78 bits per heavy atom. The van der Waals surface area contributed by atoms with Gasteiger partial charge < -0.3 is 9.80 Å². The van der Waals surface area contributed by atoms with E-state index in [-0.39, 0.29) is 18.0 Å². The molecule has 2 unspecified atom stereocenters. The minimum atomic E-state index is -0.163. The monoisotopic (exact) mass is 428 g/mol. The second kappa shape index (κ2) is 8.00. The molecule has 4 rings (SSSR count). The summed E-state index contributed by atoms with van der Waals surface area (Å²) in [6, 6.07) is 16.8. The third-order valence-electron chi connectivity index (χ3n) is 5.43. The van der Waals surface area contributed by atoms with Gasteiger partial charge in [0.15, 0.2) is 0 Å². The first-order chi connectivity index (χ1) is 13.1. The van der Waals surface area contributed by atoms with Crippen molar-refractivity contribution in [2.75, 3.05) is 31.1 Å². The van der Waals surface area contributed by atoms with Crippen LogP contribution in [0.4, 0.5) is 5.69 Å². The molecule has 6 heteroatoms. The molecular formula is C21H25BrN4O. The molecule has 142 valence electrons. The van der Waals surface area contributed by atoms with Crippen LogP contribution in [0, 0.1) is 6.92 Å². The van der Waals surface area contributed by atoms with Crippen molar-refractivity contribution in [2.45, 2.75) is 25.4 Å². The molecule has 0 aliphatic carbocycles. The maximum absolute atomic E-state index is 12.9. The number of carbonyl (C=O) groups is 1. The summed E-state index contributed by atoms with van der Waals surface area (Å²) in [4.78, 5) is 17.3.